The summed E-state index contributed by atoms with van der Waals surface area (Å²) in [7, 11) is 0. The summed E-state index contributed by atoms with van der Waals surface area (Å²) < 4.78 is 4.85. The van der Waals surface area contributed by atoms with Gasteiger partial charge < -0.3 is 4.74 Å². The Bertz CT molecular complexity index is 344. The number of rotatable bonds is 3. The summed E-state index contributed by atoms with van der Waals surface area (Å²) in [6.45, 7) is 2.18. The van der Waals surface area contributed by atoms with Gasteiger partial charge in [-0.2, -0.15) is 0 Å². The van der Waals surface area contributed by atoms with E-state index in [1.807, 2.05) is 12.1 Å². The highest BCUT2D eigenvalue weighted by Crippen LogP contribution is 2.06. The smallest absolute Gasteiger partial charge is 0.338 e. The van der Waals surface area contributed by atoms with Crippen molar-refractivity contribution in [2.75, 3.05) is 6.61 Å². The Morgan fingerprint density at radius 1 is 1.43 bits per heavy atom. The summed E-state index contributed by atoms with van der Waals surface area (Å²) in [5.74, 6) is 2.25. The molecular weight excluding hydrogens is 176 g/mol. The largest absolute Gasteiger partial charge is 0.462 e. The Kier molecular flexibility index (Phi) is 3.75. The van der Waals surface area contributed by atoms with Gasteiger partial charge in [0, 0.05) is 6.42 Å². The summed E-state index contributed by atoms with van der Waals surface area (Å²) in [5.41, 5.74) is 1.59. The van der Waals surface area contributed by atoms with Gasteiger partial charge in [-0.3, -0.25) is 0 Å². The number of benzene rings is 1. The zero-order chi connectivity index (χ0) is 10.4. The number of carbonyl (C=O) groups is 1. The van der Waals surface area contributed by atoms with Gasteiger partial charge in [-0.25, -0.2) is 4.79 Å². The zero-order valence-corrected chi connectivity index (χ0v) is 8.12. The fourth-order valence-corrected chi connectivity index (χ4v) is 1.09. The van der Waals surface area contributed by atoms with Crippen LogP contribution in [0.1, 0.15) is 22.8 Å². The first kappa shape index (κ1) is 10.3. The molecule has 1 aromatic rings. The first-order valence-corrected chi connectivity index (χ1v) is 4.47. The molecule has 0 bridgehead atoms. The second-order valence-electron chi connectivity index (χ2n) is 2.80. The second kappa shape index (κ2) is 5.08. The molecule has 0 N–H and O–H groups in total. The molecule has 0 saturated carbocycles. The van der Waals surface area contributed by atoms with E-state index in [0.717, 1.165) is 5.56 Å². The molecule has 0 unspecified atom stereocenters. The van der Waals surface area contributed by atoms with Crippen LogP contribution < -0.4 is 0 Å². The van der Waals surface area contributed by atoms with Crippen molar-refractivity contribution in [3.05, 3.63) is 35.4 Å². The van der Waals surface area contributed by atoms with Crippen molar-refractivity contribution in [2.45, 2.75) is 13.3 Å². The van der Waals surface area contributed by atoms with Gasteiger partial charge in [0.25, 0.3) is 0 Å². The van der Waals surface area contributed by atoms with Crippen LogP contribution in [0.15, 0.2) is 24.3 Å². The lowest BCUT2D eigenvalue weighted by Crippen LogP contribution is -2.04. The van der Waals surface area contributed by atoms with Crippen molar-refractivity contribution >= 4 is 5.97 Å². The van der Waals surface area contributed by atoms with E-state index in [0.29, 0.717) is 18.6 Å². The van der Waals surface area contributed by atoms with Crippen LogP contribution in [0.5, 0.6) is 0 Å². The lowest BCUT2D eigenvalue weighted by atomic mass is 10.1. The summed E-state index contributed by atoms with van der Waals surface area (Å²) in [6.07, 6.45) is 5.75. The number of hydrogen-bond donors (Lipinski definition) is 0. The van der Waals surface area contributed by atoms with Crippen molar-refractivity contribution in [3.8, 4) is 12.3 Å². The fraction of sp³-hybridized carbons (Fsp3) is 0.250. The first-order chi connectivity index (χ1) is 6.77. The molecule has 2 heteroatoms. The van der Waals surface area contributed by atoms with Gasteiger partial charge >= 0.3 is 5.97 Å². The van der Waals surface area contributed by atoms with Crippen molar-refractivity contribution in [1.82, 2.24) is 0 Å². The van der Waals surface area contributed by atoms with E-state index >= 15 is 0 Å². The number of terminal acetylenes is 1. The molecule has 0 atom stereocenters. The molecule has 72 valence electrons. The standard InChI is InChI=1S/C12H12O2/c1-3-5-10-6-8-11(9-7-10)12(13)14-4-2/h1,6-9H,4-5H2,2H3. The molecule has 0 saturated heterocycles. The summed E-state index contributed by atoms with van der Waals surface area (Å²) >= 11 is 0. The molecule has 0 aliphatic heterocycles. The molecule has 0 amide bonds. The Morgan fingerprint density at radius 2 is 2.07 bits per heavy atom. The van der Waals surface area contributed by atoms with Gasteiger partial charge in [0.2, 0.25) is 0 Å². The van der Waals surface area contributed by atoms with Gasteiger partial charge in [0.1, 0.15) is 0 Å². The van der Waals surface area contributed by atoms with Crippen LogP contribution in [0, 0.1) is 12.3 Å². The van der Waals surface area contributed by atoms with Gasteiger partial charge in [-0.15, -0.1) is 12.3 Å². The third-order valence-electron chi connectivity index (χ3n) is 1.77. The number of esters is 1. The maximum Gasteiger partial charge on any atom is 0.338 e. The first-order valence-electron chi connectivity index (χ1n) is 4.47. The Labute approximate surface area is 83.9 Å². The third-order valence-corrected chi connectivity index (χ3v) is 1.77. The Hall–Kier alpha value is -1.75. The predicted molar refractivity (Wildman–Crippen MR) is 54.9 cm³/mol. The SMILES string of the molecule is C#CCc1ccc(C(=O)OCC)cc1. The molecule has 2 nitrogen and oxygen atoms in total. The maximum atomic E-state index is 11.3. The molecule has 14 heavy (non-hydrogen) atoms. The van der Waals surface area contributed by atoms with E-state index in [2.05, 4.69) is 5.92 Å². The zero-order valence-electron chi connectivity index (χ0n) is 8.12. The number of hydrogen-bond acceptors (Lipinski definition) is 2. The van der Waals surface area contributed by atoms with E-state index in [1.165, 1.54) is 0 Å². The van der Waals surface area contributed by atoms with E-state index < -0.39 is 0 Å². The second-order valence-corrected chi connectivity index (χ2v) is 2.80. The maximum absolute atomic E-state index is 11.3. The fourth-order valence-electron chi connectivity index (χ4n) is 1.09. The molecule has 1 aromatic carbocycles. The normalized spacial score (nSPS) is 9.14. The van der Waals surface area contributed by atoms with Crippen LogP contribution in [0.3, 0.4) is 0 Å². The molecule has 0 heterocycles. The molecule has 1 rings (SSSR count). The minimum absolute atomic E-state index is 0.292. The van der Waals surface area contributed by atoms with Crippen LogP contribution in [-0.2, 0) is 11.2 Å². The predicted octanol–water partition coefficient (Wildman–Crippen LogP) is 2.04. The van der Waals surface area contributed by atoms with Gasteiger partial charge in [-0.1, -0.05) is 12.1 Å². The van der Waals surface area contributed by atoms with Crippen LogP contribution in [0.4, 0.5) is 0 Å². The van der Waals surface area contributed by atoms with Crippen molar-refractivity contribution in [2.24, 2.45) is 0 Å². The van der Waals surface area contributed by atoms with Crippen LogP contribution in [0.25, 0.3) is 0 Å². The molecular formula is C12H12O2. The van der Waals surface area contributed by atoms with Crippen molar-refractivity contribution in [1.29, 1.82) is 0 Å². The molecule has 0 fully saturated rings. The number of carbonyl (C=O) groups excluding carboxylic acids is 1. The van der Waals surface area contributed by atoms with Crippen molar-refractivity contribution in [3.63, 3.8) is 0 Å². The van der Waals surface area contributed by atoms with E-state index in [-0.39, 0.29) is 5.97 Å². The van der Waals surface area contributed by atoms with E-state index in [1.54, 1.807) is 19.1 Å². The molecule has 0 aliphatic rings. The lowest BCUT2D eigenvalue weighted by molar-refractivity contribution is 0.0526. The highest BCUT2D eigenvalue weighted by atomic mass is 16.5. The van der Waals surface area contributed by atoms with Crippen LogP contribution in [0.2, 0.25) is 0 Å². The molecule has 0 spiro atoms. The quantitative estimate of drug-likeness (QED) is 0.536. The summed E-state index contributed by atoms with van der Waals surface area (Å²) in [6, 6.07) is 7.13. The third kappa shape index (κ3) is 2.63. The van der Waals surface area contributed by atoms with Crippen LogP contribution in [-0.4, -0.2) is 12.6 Å². The van der Waals surface area contributed by atoms with Crippen LogP contribution >= 0.6 is 0 Å². The monoisotopic (exact) mass is 188 g/mol. The molecule has 0 aliphatic carbocycles. The highest BCUT2D eigenvalue weighted by molar-refractivity contribution is 5.89. The van der Waals surface area contributed by atoms with Crippen molar-refractivity contribution < 1.29 is 9.53 Å². The average Bonchev–Trinajstić information content (AvgIpc) is 2.20. The van der Waals surface area contributed by atoms with E-state index in [4.69, 9.17) is 11.2 Å². The topological polar surface area (TPSA) is 26.3 Å². The van der Waals surface area contributed by atoms with E-state index in [9.17, 15) is 4.79 Å². The average molecular weight is 188 g/mol. The summed E-state index contributed by atoms with van der Waals surface area (Å²) in [4.78, 5) is 11.3. The Morgan fingerprint density at radius 3 is 2.57 bits per heavy atom. The minimum atomic E-state index is -0.292. The highest BCUT2D eigenvalue weighted by Gasteiger charge is 2.04. The van der Waals surface area contributed by atoms with Gasteiger partial charge in [0.05, 0.1) is 12.2 Å². The lowest BCUT2D eigenvalue weighted by Gasteiger charge is -2.01. The Balaban J connectivity index is 2.73. The summed E-state index contributed by atoms with van der Waals surface area (Å²) in [5, 5.41) is 0. The molecule has 0 aromatic heterocycles. The van der Waals surface area contributed by atoms with Gasteiger partial charge in [-0.05, 0) is 24.6 Å². The van der Waals surface area contributed by atoms with Gasteiger partial charge in [0.15, 0.2) is 0 Å². The minimum Gasteiger partial charge on any atom is -0.462 e. The number of ether oxygens (including phenoxy) is 1. The molecule has 0 radical (unpaired) electrons.